The van der Waals surface area contributed by atoms with E-state index in [4.69, 9.17) is 0 Å². The summed E-state index contributed by atoms with van der Waals surface area (Å²) < 4.78 is 1.97. The molecule has 4 heteroatoms. The van der Waals surface area contributed by atoms with Gasteiger partial charge in [-0.15, -0.1) is 0 Å². The lowest BCUT2D eigenvalue weighted by Gasteiger charge is -2.06. The van der Waals surface area contributed by atoms with Crippen LogP contribution in [0.15, 0.2) is 48.9 Å². The Morgan fingerprint density at radius 3 is 2.89 bits per heavy atom. The standard InChI is InChI=1S/C15H12N4/c1-11(9-16)15-14(12-5-4-7-17-10-12)18-13-6-2-3-8-19(13)15/h2-8,10-11H,1H3. The summed E-state index contributed by atoms with van der Waals surface area (Å²) in [6.07, 6.45) is 5.44. The molecule has 0 aromatic carbocycles. The van der Waals surface area contributed by atoms with Crippen molar-refractivity contribution in [2.45, 2.75) is 12.8 Å². The summed E-state index contributed by atoms with van der Waals surface area (Å²) in [7, 11) is 0. The largest absolute Gasteiger partial charge is 0.302 e. The molecule has 0 fully saturated rings. The van der Waals surface area contributed by atoms with Crippen molar-refractivity contribution in [3.8, 4) is 17.3 Å². The van der Waals surface area contributed by atoms with E-state index in [0.29, 0.717) is 0 Å². The van der Waals surface area contributed by atoms with Gasteiger partial charge in [0.1, 0.15) is 5.65 Å². The monoisotopic (exact) mass is 248 g/mol. The lowest BCUT2D eigenvalue weighted by molar-refractivity contribution is 0.900. The maximum Gasteiger partial charge on any atom is 0.137 e. The fraction of sp³-hybridized carbons (Fsp3) is 0.133. The Bertz CT molecular complexity index is 753. The lowest BCUT2D eigenvalue weighted by atomic mass is 10.0. The van der Waals surface area contributed by atoms with Crippen LogP contribution in [0.25, 0.3) is 16.9 Å². The van der Waals surface area contributed by atoms with Gasteiger partial charge in [0, 0.05) is 24.2 Å². The quantitative estimate of drug-likeness (QED) is 0.700. The van der Waals surface area contributed by atoms with Crippen molar-refractivity contribution in [3.63, 3.8) is 0 Å². The maximum atomic E-state index is 9.23. The summed E-state index contributed by atoms with van der Waals surface area (Å²) >= 11 is 0. The van der Waals surface area contributed by atoms with Gasteiger partial charge in [-0.05, 0) is 31.2 Å². The maximum absolute atomic E-state index is 9.23. The molecule has 0 saturated heterocycles. The zero-order chi connectivity index (χ0) is 13.2. The molecule has 3 heterocycles. The molecule has 1 atom stereocenters. The molecule has 0 saturated carbocycles. The number of rotatable bonds is 2. The lowest BCUT2D eigenvalue weighted by Crippen LogP contribution is -1.98. The fourth-order valence-corrected chi connectivity index (χ4v) is 2.20. The smallest absolute Gasteiger partial charge is 0.137 e. The number of pyridine rings is 2. The SMILES string of the molecule is CC(C#N)c1c(-c2cccnc2)nc2ccccn12. The van der Waals surface area contributed by atoms with Crippen molar-refractivity contribution < 1.29 is 0 Å². The summed E-state index contributed by atoms with van der Waals surface area (Å²) in [5.74, 6) is -0.229. The number of hydrogen-bond acceptors (Lipinski definition) is 3. The van der Waals surface area contributed by atoms with Crippen LogP contribution in [0.5, 0.6) is 0 Å². The van der Waals surface area contributed by atoms with E-state index in [2.05, 4.69) is 16.0 Å². The van der Waals surface area contributed by atoms with E-state index in [1.165, 1.54) is 0 Å². The van der Waals surface area contributed by atoms with Crippen LogP contribution in [0.2, 0.25) is 0 Å². The van der Waals surface area contributed by atoms with E-state index >= 15 is 0 Å². The van der Waals surface area contributed by atoms with Crippen LogP contribution in [-0.4, -0.2) is 14.4 Å². The van der Waals surface area contributed by atoms with Gasteiger partial charge >= 0.3 is 0 Å². The molecule has 3 aromatic rings. The number of imidazole rings is 1. The second-order valence-electron chi connectivity index (χ2n) is 4.37. The molecule has 0 aliphatic carbocycles. The Balaban J connectivity index is 2.33. The van der Waals surface area contributed by atoms with Crippen molar-refractivity contribution in [3.05, 3.63) is 54.6 Å². The number of hydrogen-bond donors (Lipinski definition) is 0. The van der Waals surface area contributed by atoms with Gasteiger partial charge in [0.2, 0.25) is 0 Å². The Labute approximate surface area is 111 Å². The molecule has 4 nitrogen and oxygen atoms in total. The normalized spacial score (nSPS) is 12.2. The van der Waals surface area contributed by atoms with Gasteiger partial charge in [0.15, 0.2) is 0 Å². The fourth-order valence-electron chi connectivity index (χ4n) is 2.20. The molecule has 19 heavy (non-hydrogen) atoms. The van der Waals surface area contributed by atoms with Gasteiger partial charge in [-0.1, -0.05) is 6.07 Å². The molecule has 0 aliphatic rings. The van der Waals surface area contributed by atoms with Gasteiger partial charge in [-0.2, -0.15) is 5.26 Å². The van der Waals surface area contributed by atoms with Crippen LogP contribution < -0.4 is 0 Å². The van der Waals surface area contributed by atoms with Gasteiger partial charge < -0.3 is 4.40 Å². The minimum atomic E-state index is -0.229. The van der Waals surface area contributed by atoms with E-state index in [9.17, 15) is 5.26 Å². The first-order chi connectivity index (χ1) is 9.31. The molecule has 3 rings (SSSR count). The molecule has 0 bridgehead atoms. The number of fused-ring (bicyclic) bond motifs is 1. The second-order valence-corrected chi connectivity index (χ2v) is 4.37. The summed E-state index contributed by atoms with van der Waals surface area (Å²) in [6.45, 7) is 1.89. The van der Waals surface area contributed by atoms with Crippen LogP contribution in [0, 0.1) is 11.3 Å². The van der Waals surface area contributed by atoms with Crippen LogP contribution in [0.4, 0.5) is 0 Å². The third kappa shape index (κ3) is 1.85. The summed E-state index contributed by atoms with van der Waals surface area (Å²) in [5, 5.41) is 9.23. The highest BCUT2D eigenvalue weighted by atomic mass is 15.0. The number of nitrogens with zero attached hydrogens (tertiary/aromatic N) is 4. The molecule has 92 valence electrons. The predicted molar refractivity (Wildman–Crippen MR) is 72.5 cm³/mol. The number of aromatic nitrogens is 3. The molecule has 0 amide bonds. The molecule has 0 spiro atoms. The van der Waals surface area contributed by atoms with Gasteiger partial charge in [0.05, 0.1) is 23.4 Å². The van der Waals surface area contributed by atoms with E-state index in [1.54, 1.807) is 12.4 Å². The Kier molecular flexibility index (Phi) is 2.73. The van der Waals surface area contributed by atoms with Crippen LogP contribution >= 0.6 is 0 Å². The number of nitriles is 1. The minimum Gasteiger partial charge on any atom is -0.302 e. The van der Waals surface area contributed by atoms with Crippen molar-refractivity contribution in [1.82, 2.24) is 14.4 Å². The van der Waals surface area contributed by atoms with Gasteiger partial charge in [0.25, 0.3) is 0 Å². The highest BCUT2D eigenvalue weighted by Crippen LogP contribution is 2.29. The van der Waals surface area contributed by atoms with Crippen LogP contribution in [0.3, 0.4) is 0 Å². The first-order valence-electron chi connectivity index (χ1n) is 6.08. The topological polar surface area (TPSA) is 54.0 Å². The van der Waals surface area contributed by atoms with Crippen molar-refractivity contribution in [1.29, 1.82) is 5.26 Å². The Hall–Kier alpha value is -2.67. The first-order valence-corrected chi connectivity index (χ1v) is 6.08. The van der Waals surface area contributed by atoms with E-state index in [0.717, 1.165) is 22.6 Å². The zero-order valence-corrected chi connectivity index (χ0v) is 10.5. The summed E-state index contributed by atoms with van der Waals surface area (Å²) in [4.78, 5) is 8.75. The van der Waals surface area contributed by atoms with Crippen LogP contribution in [0.1, 0.15) is 18.5 Å². The molecule has 0 aliphatic heterocycles. The second kappa shape index (κ2) is 4.54. The summed E-state index contributed by atoms with van der Waals surface area (Å²) in [5.41, 5.74) is 3.52. The van der Waals surface area contributed by atoms with Crippen molar-refractivity contribution >= 4 is 5.65 Å². The molecular weight excluding hydrogens is 236 g/mol. The zero-order valence-electron chi connectivity index (χ0n) is 10.5. The third-order valence-electron chi connectivity index (χ3n) is 3.11. The Morgan fingerprint density at radius 1 is 1.26 bits per heavy atom. The van der Waals surface area contributed by atoms with Crippen molar-refractivity contribution in [2.75, 3.05) is 0 Å². The molecule has 3 aromatic heterocycles. The third-order valence-corrected chi connectivity index (χ3v) is 3.11. The average molecular weight is 248 g/mol. The average Bonchev–Trinajstić information content (AvgIpc) is 2.87. The molecule has 0 N–H and O–H groups in total. The summed E-state index contributed by atoms with van der Waals surface area (Å²) in [6, 6.07) is 11.9. The van der Waals surface area contributed by atoms with Crippen molar-refractivity contribution in [2.24, 2.45) is 0 Å². The molecule has 0 radical (unpaired) electrons. The first kappa shape index (κ1) is 11.4. The van der Waals surface area contributed by atoms with E-state index in [-0.39, 0.29) is 5.92 Å². The highest BCUT2D eigenvalue weighted by molar-refractivity contribution is 5.67. The Morgan fingerprint density at radius 2 is 2.16 bits per heavy atom. The predicted octanol–water partition coefficient (Wildman–Crippen LogP) is 3.02. The highest BCUT2D eigenvalue weighted by Gasteiger charge is 2.18. The van der Waals surface area contributed by atoms with Crippen LogP contribution in [-0.2, 0) is 0 Å². The van der Waals surface area contributed by atoms with E-state index < -0.39 is 0 Å². The molecular formula is C15H12N4. The van der Waals surface area contributed by atoms with Gasteiger partial charge in [-0.25, -0.2) is 4.98 Å². The minimum absolute atomic E-state index is 0.229. The van der Waals surface area contributed by atoms with E-state index in [1.807, 2.05) is 47.9 Å². The van der Waals surface area contributed by atoms with Gasteiger partial charge in [-0.3, -0.25) is 4.98 Å². The molecule has 1 unspecified atom stereocenters.